The number of nitrogens with zero attached hydrogens (tertiary/aromatic N) is 2. The maximum atomic E-state index is 12.5. The molecule has 2 aromatic heterocycles. The van der Waals surface area contributed by atoms with E-state index in [4.69, 9.17) is 10.5 Å². The Morgan fingerprint density at radius 2 is 1.81 bits per heavy atom. The molecule has 0 aliphatic carbocycles. The van der Waals surface area contributed by atoms with Crippen LogP contribution in [0.25, 0.3) is 11.2 Å². The molecular weight excluding hydrogens is 353 g/mol. The van der Waals surface area contributed by atoms with Gasteiger partial charge in [-0.2, -0.15) is 0 Å². The molecule has 0 radical (unpaired) electrons. The van der Waals surface area contributed by atoms with Gasteiger partial charge in [0.25, 0.3) is 5.56 Å². The molecule has 0 aliphatic rings. The molecule has 0 aliphatic heterocycles. The average molecular weight is 368 g/mol. The Morgan fingerprint density at radius 3 is 2.50 bits per heavy atom. The molecule has 3 rings (SSSR count). The van der Waals surface area contributed by atoms with E-state index in [1.165, 1.54) is 24.4 Å². The van der Waals surface area contributed by atoms with Gasteiger partial charge in [0.2, 0.25) is 0 Å². The number of halogens is 3. The highest BCUT2D eigenvalue weighted by Crippen LogP contribution is 2.37. The molecule has 10 heteroatoms. The van der Waals surface area contributed by atoms with Crippen LogP contribution in [0.2, 0.25) is 0 Å². The number of fused-ring (bicyclic) bond motifs is 1. The van der Waals surface area contributed by atoms with Crippen LogP contribution in [0.4, 0.5) is 18.9 Å². The normalized spacial score (nSPS) is 10.8. The largest absolute Gasteiger partial charge is 0.573 e. The summed E-state index contributed by atoms with van der Waals surface area (Å²) in [7, 11) is 0. The van der Waals surface area contributed by atoms with Gasteiger partial charge in [0.15, 0.2) is 22.9 Å². The molecule has 3 aromatic rings. The third kappa shape index (κ3) is 4.62. The number of H-pyrrole nitrogens is 1. The minimum Gasteiger partial charge on any atom is -0.451 e. The summed E-state index contributed by atoms with van der Waals surface area (Å²) >= 11 is 0. The van der Waals surface area contributed by atoms with Gasteiger partial charge in [-0.15, -0.1) is 13.2 Å². The summed E-state index contributed by atoms with van der Waals surface area (Å²) in [4.78, 5) is 21.5. The number of aromatic nitrogens is 3. The predicted octanol–water partition coefficient (Wildman–Crippen LogP) is 3.62. The molecule has 1 aromatic carbocycles. The van der Waals surface area contributed by atoms with Gasteiger partial charge >= 0.3 is 6.36 Å². The van der Waals surface area contributed by atoms with Gasteiger partial charge in [0, 0.05) is 24.0 Å². The molecule has 0 amide bonds. The Hall–Kier alpha value is -3.30. The van der Waals surface area contributed by atoms with E-state index in [9.17, 15) is 18.0 Å². The van der Waals surface area contributed by atoms with Crippen LogP contribution in [0.15, 0.2) is 41.5 Å². The lowest BCUT2D eigenvalue weighted by molar-refractivity contribution is -0.275. The third-order valence-corrected chi connectivity index (χ3v) is 2.85. The van der Waals surface area contributed by atoms with Crippen molar-refractivity contribution in [3.05, 3.63) is 47.0 Å². The van der Waals surface area contributed by atoms with Gasteiger partial charge < -0.3 is 20.2 Å². The van der Waals surface area contributed by atoms with Crippen molar-refractivity contribution in [1.82, 2.24) is 15.0 Å². The number of hydrogen-bond donors (Lipinski definition) is 2. The molecule has 0 fully saturated rings. The van der Waals surface area contributed by atoms with Crippen LogP contribution in [0.3, 0.4) is 0 Å². The smallest absolute Gasteiger partial charge is 0.451 e. The van der Waals surface area contributed by atoms with E-state index >= 15 is 0 Å². The first-order valence-corrected chi connectivity index (χ1v) is 7.49. The number of anilines is 1. The number of hydrogen-bond acceptors (Lipinski definition) is 6. The quantitative estimate of drug-likeness (QED) is 0.685. The maximum Gasteiger partial charge on any atom is 0.573 e. The summed E-state index contributed by atoms with van der Waals surface area (Å²) in [5, 5.41) is 0. The average Bonchev–Trinajstić information content (AvgIpc) is 2.57. The third-order valence-electron chi connectivity index (χ3n) is 2.85. The molecule has 26 heavy (non-hydrogen) atoms. The Bertz CT molecular complexity index is 957. The highest BCUT2D eigenvalue weighted by Gasteiger charge is 2.32. The second-order valence-corrected chi connectivity index (χ2v) is 4.61. The van der Waals surface area contributed by atoms with Crippen molar-refractivity contribution < 1.29 is 22.6 Å². The zero-order valence-corrected chi connectivity index (χ0v) is 13.8. The van der Waals surface area contributed by atoms with Gasteiger partial charge in [-0.05, 0) is 12.1 Å². The second-order valence-electron chi connectivity index (χ2n) is 4.61. The van der Waals surface area contributed by atoms with E-state index in [-0.39, 0.29) is 28.4 Å². The van der Waals surface area contributed by atoms with Crippen LogP contribution < -0.4 is 20.8 Å². The molecule has 2 heterocycles. The van der Waals surface area contributed by atoms with Gasteiger partial charge in [0.05, 0.1) is 6.20 Å². The SMILES string of the molecule is CC.Nc1ccc(Oc2ccnc3[nH]c(=O)cnc23)c(OC(F)(F)F)c1. The van der Waals surface area contributed by atoms with Crippen LogP contribution in [0, 0.1) is 0 Å². The summed E-state index contributed by atoms with van der Waals surface area (Å²) in [6.07, 6.45) is -2.58. The zero-order chi connectivity index (χ0) is 19.3. The molecule has 3 N–H and O–H groups in total. The molecule has 138 valence electrons. The minimum absolute atomic E-state index is 0.0728. The van der Waals surface area contributed by atoms with Crippen LogP contribution in [0.1, 0.15) is 13.8 Å². The summed E-state index contributed by atoms with van der Waals surface area (Å²) in [6, 6.07) is 4.97. The van der Waals surface area contributed by atoms with E-state index < -0.39 is 17.7 Å². The molecule has 0 atom stereocenters. The fourth-order valence-electron chi connectivity index (χ4n) is 1.94. The fourth-order valence-corrected chi connectivity index (χ4v) is 1.94. The van der Waals surface area contributed by atoms with Gasteiger partial charge in [-0.3, -0.25) is 4.79 Å². The molecule has 0 spiro atoms. The minimum atomic E-state index is -4.91. The summed E-state index contributed by atoms with van der Waals surface area (Å²) < 4.78 is 46.9. The van der Waals surface area contributed by atoms with Crippen LogP contribution in [-0.4, -0.2) is 21.3 Å². The van der Waals surface area contributed by atoms with E-state index in [1.54, 1.807) is 0 Å². The highest BCUT2D eigenvalue weighted by molar-refractivity contribution is 5.77. The number of nitrogens with two attached hydrogens (primary N) is 1. The van der Waals surface area contributed by atoms with Gasteiger partial charge in [-0.25, -0.2) is 9.97 Å². The van der Waals surface area contributed by atoms with Crippen molar-refractivity contribution in [2.75, 3.05) is 5.73 Å². The van der Waals surface area contributed by atoms with E-state index in [1.807, 2.05) is 13.8 Å². The van der Waals surface area contributed by atoms with Gasteiger partial charge in [0.1, 0.15) is 5.52 Å². The lowest BCUT2D eigenvalue weighted by Crippen LogP contribution is -2.17. The van der Waals surface area contributed by atoms with E-state index in [0.717, 1.165) is 12.3 Å². The first-order chi connectivity index (χ1) is 12.3. The molecule has 0 saturated carbocycles. The van der Waals surface area contributed by atoms with Crippen molar-refractivity contribution in [1.29, 1.82) is 0 Å². The molecule has 7 nitrogen and oxygen atoms in total. The van der Waals surface area contributed by atoms with Crippen LogP contribution in [0.5, 0.6) is 17.2 Å². The maximum absolute atomic E-state index is 12.5. The first-order valence-electron chi connectivity index (χ1n) is 7.49. The first kappa shape index (κ1) is 19.0. The topological polar surface area (TPSA) is 103 Å². The Kier molecular flexibility index (Phi) is 5.65. The Morgan fingerprint density at radius 1 is 1.08 bits per heavy atom. The van der Waals surface area contributed by atoms with E-state index in [0.29, 0.717) is 0 Å². The number of benzene rings is 1. The predicted molar refractivity (Wildman–Crippen MR) is 89.1 cm³/mol. The van der Waals surface area contributed by atoms with Crippen LogP contribution >= 0.6 is 0 Å². The lowest BCUT2D eigenvalue weighted by atomic mass is 10.3. The highest BCUT2D eigenvalue weighted by atomic mass is 19.4. The molecule has 0 saturated heterocycles. The molecule has 0 bridgehead atoms. The number of aromatic amines is 1. The Labute approximate surface area is 145 Å². The van der Waals surface area contributed by atoms with E-state index in [2.05, 4.69) is 19.7 Å². The summed E-state index contributed by atoms with van der Waals surface area (Å²) in [5.74, 6) is -0.730. The summed E-state index contributed by atoms with van der Waals surface area (Å²) in [6.45, 7) is 4.00. The van der Waals surface area contributed by atoms with Crippen molar-refractivity contribution in [3.63, 3.8) is 0 Å². The standard InChI is InChI=1S/C14H9F3N4O3.C2H6/c15-14(16,17)24-10-5-7(18)1-2-8(10)23-9-3-4-19-13-12(9)20-6-11(22)21-13;1-2/h1-6H,18H2,(H,19,21,22);1-2H3. The summed E-state index contributed by atoms with van der Waals surface area (Å²) in [5.41, 5.74) is 5.39. The monoisotopic (exact) mass is 368 g/mol. The van der Waals surface area contributed by atoms with Crippen molar-refractivity contribution in [2.24, 2.45) is 0 Å². The number of pyridine rings is 1. The fraction of sp³-hybridized carbons (Fsp3) is 0.188. The number of alkyl halides is 3. The number of rotatable bonds is 3. The number of nitrogens with one attached hydrogen (secondary N) is 1. The van der Waals surface area contributed by atoms with Crippen molar-refractivity contribution in [3.8, 4) is 17.2 Å². The van der Waals surface area contributed by atoms with Crippen molar-refractivity contribution >= 4 is 16.9 Å². The second kappa shape index (κ2) is 7.72. The lowest BCUT2D eigenvalue weighted by Gasteiger charge is -2.14. The number of ether oxygens (including phenoxy) is 2. The van der Waals surface area contributed by atoms with Gasteiger partial charge in [-0.1, -0.05) is 13.8 Å². The molecule has 0 unspecified atom stereocenters. The van der Waals surface area contributed by atoms with Crippen molar-refractivity contribution in [2.45, 2.75) is 20.2 Å². The number of nitrogen functional groups attached to an aromatic ring is 1. The zero-order valence-electron chi connectivity index (χ0n) is 13.8. The Balaban J connectivity index is 0.00000117. The molecular formula is C16H15F3N4O3. The van der Waals surface area contributed by atoms with Crippen LogP contribution in [-0.2, 0) is 0 Å².